The number of hydrogen-bond acceptors (Lipinski definition) is 4. The molecule has 0 radical (unpaired) electrons. The van der Waals surface area contributed by atoms with Crippen molar-refractivity contribution in [3.8, 4) is 0 Å². The van der Waals surface area contributed by atoms with Crippen LogP contribution in [0.25, 0.3) is 0 Å². The highest BCUT2D eigenvalue weighted by Crippen LogP contribution is 2.52. The SMILES string of the molecule is O=C(CN1C(=O)[C@H]2[C@H](C1=O)[C@H]1C=C[C@H]2C1)Nc1ccccn1. The molecule has 2 aliphatic carbocycles. The fourth-order valence-electron chi connectivity index (χ4n) is 3.88. The van der Waals surface area contributed by atoms with Gasteiger partial charge in [0.25, 0.3) is 0 Å². The summed E-state index contributed by atoms with van der Waals surface area (Å²) >= 11 is 0. The number of nitrogens with one attached hydrogen (secondary N) is 1. The van der Waals surface area contributed by atoms with Crippen molar-refractivity contribution in [1.82, 2.24) is 9.88 Å². The summed E-state index contributed by atoms with van der Waals surface area (Å²) in [6.45, 7) is -0.235. The number of nitrogens with zero attached hydrogens (tertiary/aromatic N) is 2. The third-order valence-electron chi connectivity index (χ3n) is 4.80. The minimum atomic E-state index is -0.402. The predicted molar refractivity (Wildman–Crippen MR) is 77.3 cm³/mol. The molecule has 22 heavy (non-hydrogen) atoms. The standard InChI is InChI=1S/C16H15N3O3/c20-12(18-11-3-1-2-6-17-11)8-19-15(21)13-9-4-5-10(7-9)14(13)16(19)22/h1-6,9-10,13-14H,7-8H2,(H,17,18,20)/t9-,10-,13+,14+/m0/s1. The van der Waals surface area contributed by atoms with Crippen LogP contribution in [0, 0.1) is 23.7 Å². The Labute approximate surface area is 127 Å². The van der Waals surface area contributed by atoms with Crippen LogP contribution in [-0.2, 0) is 14.4 Å². The smallest absolute Gasteiger partial charge is 0.245 e. The lowest BCUT2D eigenvalue weighted by molar-refractivity contribution is -0.143. The van der Waals surface area contributed by atoms with Gasteiger partial charge in [-0.3, -0.25) is 19.3 Å². The van der Waals surface area contributed by atoms with E-state index in [1.54, 1.807) is 24.4 Å². The first kappa shape index (κ1) is 13.2. The van der Waals surface area contributed by atoms with Crippen molar-refractivity contribution in [3.63, 3.8) is 0 Å². The molecule has 1 saturated heterocycles. The number of amides is 3. The summed E-state index contributed by atoms with van der Waals surface area (Å²) in [6.07, 6.45) is 6.53. The van der Waals surface area contributed by atoms with Crippen molar-refractivity contribution in [2.24, 2.45) is 23.7 Å². The molecule has 112 valence electrons. The van der Waals surface area contributed by atoms with Crippen molar-refractivity contribution in [1.29, 1.82) is 0 Å². The zero-order valence-electron chi connectivity index (χ0n) is 11.8. The van der Waals surface area contributed by atoms with E-state index in [2.05, 4.69) is 10.3 Å². The van der Waals surface area contributed by atoms with Crippen molar-refractivity contribution in [2.75, 3.05) is 11.9 Å². The average Bonchev–Trinajstić information content (AvgIpc) is 3.18. The fourth-order valence-corrected chi connectivity index (χ4v) is 3.88. The van der Waals surface area contributed by atoms with Gasteiger partial charge in [0.2, 0.25) is 17.7 Å². The molecule has 1 N–H and O–H groups in total. The van der Waals surface area contributed by atoms with E-state index in [4.69, 9.17) is 0 Å². The van der Waals surface area contributed by atoms with E-state index >= 15 is 0 Å². The number of anilines is 1. The van der Waals surface area contributed by atoms with Gasteiger partial charge in [-0.15, -0.1) is 0 Å². The van der Waals surface area contributed by atoms with Crippen LogP contribution in [-0.4, -0.2) is 34.2 Å². The molecule has 1 aromatic rings. The summed E-state index contributed by atoms with van der Waals surface area (Å²) in [4.78, 5) is 42.0. The number of imide groups is 1. The molecule has 2 heterocycles. The first-order valence-electron chi connectivity index (χ1n) is 7.39. The monoisotopic (exact) mass is 297 g/mol. The highest BCUT2D eigenvalue weighted by molar-refractivity contribution is 6.09. The van der Waals surface area contributed by atoms with E-state index < -0.39 is 5.91 Å². The number of likely N-dealkylation sites (tertiary alicyclic amines) is 1. The molecule has 2 fully saturated rings. The Hall–Kier alpha value is -2.50. The van der Waals surface area contributed by atoms with E-state index in [-0.39, 0.29) is 42.0 Å². The quantitative estimate of drug-likeness (QED) is 0.662. The molecule has 4 atom stereocenters. The van der Waals surface area contributed by atoms with Crippen LogP contribution in [0.3, 0.4) is 0 Å². The van der Waals surface area contributed by atoms with Gasteiger partial charge in [0, 0.05) is 6.20 Å². The van der Waals surface area contributed by atoms with E-state index in [1.807, 2.05) is 12.2 Å². The van der Waals surface area contributed by atoms with Crippen LogP contribution in [0.15, 0.2) is 36.5 Å². The van der Waals surface area contributed by atoms with Gasteiger partial charge in [-0.2, -0.15) is 0 Å². The summed E-state index contributed by atoms with van der Waals surface area (Å²) in [5.41, 5.74) is 0. The summed E-state index contributed by atoms with van der Waals surface area (Å²) in [5.74, 6) is -0.596. The third kappa shape index (κ3) is 1.87. The lowest BCUT2D eigenvalue weighted by atomic mass is 9.85. The Balaban J connectivity index is 1.47. The number of fused-ring (bicyclic) bond motifs is 5. The lowest BCUT2D eigenvalue weighted by Crippen LogP contribution is -2.39. The van der Waals surface area contributed by atoms with E-state index in [0.29, 0.717) is 5.82 Å². The topological polar surface area (TPSA) is 79.4 Å². The number of allylic oxidation sites excluding steroid dienone is 2. The maximum Gasteiger partial charge on any atom is 0.245 e. The van der Waals surface area contributed by atoms with Crippen molar-refractivity contribution in [2.45, 2.75) is 6.42 Å². The molecule has 1 aliphatic heterocycles. The molecule has 1 aromatic heterocycles. The summed E-state index contributed by atoms with van der Waals surface area (Å²) in [5, 5.41) is 2.60. The summed E-state index contributed by atoms with van der Waals surface area (Å²) < 4.78 is 0. The maximum atomic E-state index is 12.5. The van der Waals surface area contributed by atoms with Crippen LogP contribution >= 0.6 is 0 Å². The Kier molecular flexibility index (Phi) is 2.85. The number of carbonyl (C=O) groups excluding carboxylic acids is 3. The number of aromatic nitrogens is 1. The molecule has 3 amide bonds. The minimum absolute atomic E-state index is 0.162. The molecular weight excluding hydrogens is 282 g/mol. The second-order valence-electron chi connectivity index (χ2n) is 6.03. The van der Waals surface area contributed by atoms with Crippen molar-refractivity contribution < 1.29 is 14.4 Å². The molecule has 0 aromatic carbocycles. The summed E-state index contributed by atoms with van der Waals surface area (Å²) in [6, 6.07) is 5.15. The first-order chi connectivity index (χ1) is 10.6. The lowest BCUT2D eigenvalue weighted by Gasteiger charge is -2.16. The largest absolute Gasteiger partial charge is 0.309 e. The van der Waals surface area contributed by atoms with Gasteiger partial charge in [0.05, 0.1) is 11.8 Å². The van der Waals surface area contributed by atoms with Gasteiger partial charge >= 0.3 is 0 Å². The average molecular weight is 297 g/mol. The molecule has 0 unspecified atom stereocenters. The van der Waals surface area contributed by atoms with Crippen molar-refractivity contribution in [3.05, 3.63) is 36.5 Å². The summed E-state index contributed by atoms with van der Waals surface area (Å²) in [7, 11) is 0. The maximum absolute atomic E-state index is 12.5. The molecule has 6 heteroatoms. The molecule has 3 aliphatic rings. The van der Waals surface area contributed by atoms with Crippen LogP contribution < -0.4 is 5.32 Å². The Morgan fingerprint density at radius 2 is 1.86 bits per heavy atom. The fraction of sp³-hybridized carbons (Fsp3) is 0.375. The minimum Gasteiger partial charge on any atom is -0.309 e. The van der Waals surface area contributed by atoms with Crippen LogP contribution in [0.2, 0.25) is 0 Å². The van der Waals surface area contributed by atoms with Gasteiger partial charge in [-0.25, -0.2) is 4.98 Å². The predicted octanol–water partition coefficient (Wildman–Crippen LogP) is 0.827. The molecular formula is C16H15N3O3. The van der Waals surface area contributed by atoms with E-state index in [9.17, 15) is 14.4 Å². The van der Waals surface area contributed by atoms with Gasteiger partial charge in [-0.05, 0) is 30.4 Å². The zero-order valence-corrected chi connectivity index (χ0v) is 11.8. The van der Waals surface area contributed by atoms with Crippen LogP contribution in [0.4, 0.5) is 5.82 Å². The second kappa shape index (κ2) is 4.76. The van der Waals surface area contributed by atoms with Crippen molar-refractivity contribution >= 4 is 23.5 Å². The van der Waals surface area contributed by atoms with Gasteiger partial charge in [-0.1, -0.05) is 18.2 Å². The van der Waals surface area contributed by atoms with Gasteiger partial charge < -0.3 is 5.32 Å². The van der Waals surface area contributed by atoms with Crippen LogP contribution in [0.5, 0.6) is 0 Å². The number of carbonyl (C=O) groups is 3. The third-order valence-corrected chi connectivity index (χ3v) is 4.80. The zero-order chi connectivity index (χ0) is 15.3. The Morgan fingerprint density at radius 1 is 1.18 bits per heavy atom. The Morgan fingerprint density at radius 3 is 2.45 bits per heavy atom. The van der Waals surface area contributed by atoms with Gasteiger partial charge in [0.15, 0.2) is 0 Å². The number of hydrogen-bond donors (Lipinski definition) is 1. The Bertz CT molecular complexity index is 655. The van der Waals surface area contributed by atoms with E-state index in [0.717, 1.165) is 11.3 Å². The highest BCUT2D eigenvalue weighted by Gasteiger charge is 2.59. The number of pyridine rings is 1. The first-order valence-corrected chi connectivity index (χ1v) is 7.39. The molecule has 6 nitrogen and oxygen atoms in total. The van der Waals surface area contributed by atoms with Gasteiger partial charge in [0.1, 0.15) is 12.4 Å². The number of rotatable bonds is 3. The van der Waals surface area contributed by atoms with Crippen LogP contribution in [0.1, 0.15) is 6.42 Å². The van der Waals surface area contributed by atoms with E-state index in [1.165, 1.54) is 0 Å². The normalized spacial score (nSPS) is 31.7. The molecule has 0 spiro atoms. The highest BCUT2D eigenvalue weighted by atomic mass is 16.2. The molecule has 1 saturated carbocycles. The molecule has 4 rings (SSSR count). The molecule has 2 bridgehead atoms. The second-order valence-corrected chi connectivity index (χ2v) is 6.03.